The second-order valence-corrected chi connectivity index (χ2v) is 8.39. The number of carboxylic acid groups (broad SMARTS) is 1. The molecule has 2 amide bonds. The fraction of sp³-hybridized carbons (Fsp3) is 0.375. The summed E-state index contributed by atoms with van der Waals surface area (Å²) >= 11 is 6.00. The van der Waals surface area contributed by atoms with Gasteiger partial charge in [-0.05, 0) is 41.7 Å². The molecule has 0 aromatic heterocycles. The minimum absolute atomic E-state index is 0. The van der Waals surface area contributed by atoms with Gasteiger partial charge in [0.05, 0.1) is 6.04 Å². The van der Waals surface area contributed by atoms with Crippen molar-refractivity contribution in [3.8, 4) is 0 Å². The molecule has 9 heteroatoms. The SMILES string of the molecule is Cl.O=C(O)CCCNC(=O)C[C@@H](CNC(=O)[C@@H]1Cc2ccccc2CN1)c1ccc(Cl)cc1. The van der Waals surface area contributed by atoms with Gasteiger partial charge < -0.3 is 21.1 Å². The van der Waals surface area contributed by atoms with Crippen LogP contribution >= 0.6 is 24.0 Å². The number of carboxylic acids is 1. The van der Waals surface area contributed by atoms with Crippen molar-refractivity contribution in [2.24, 2.45) is 0 Å². The van der Waals surface area contributed by atoms with Crippen LogP contribution in [0.25, 0.3) is 0 Å². The molecule has 0 radical (unpaired) electrons. The normalized spacial score (nSPS) is 15.5. The number of nitrogens with one attached hydrogen (secondary N) is 3. The van der Waals surface area contributed by atoms with E-state index in [1.54, 1.807) is 12.1 Å². The number of halogens is 2. The predicted molar refractivity (Wildman–Crippen MR) is 130 cm³/mol. The molecular weight excluding hydrogens is 465 g/mol. The molecule has 1 aliphatic heterocycles. The molecule has 2 atom stereocenters. The van der Waals surface area contributed by atoms with Crippen molar-refractivity contribution in [2.45, 2.75) is 44.2 Å². The molecule has 0 aliphatic carbocycles. The van der Waals surface area contributed by atoms with Gasteiger partial charge in [0.15, 0.2) is 0 Å². The Labute approximate surface area is 204 Å². The van der Waals surface area contributed by atoms with Gasteiger partial charge in [-0.15, -0.1) is 12.4 Å². The molecule has 0 saturated carbocycles. The van der Waals surface area contributed by atoms with Crippen molar-refractivity contribution < 1.29 is 19.5 Å². The van der Waals surface area contributed by atoms with Crippen molar-refractivity contribution in [3.05, 3.63) is 70.2 Å². The van der Waals surface area contributed by atoms with Crippen LogP contribution in [0.2, 0.25) is 5.02 Å². The largest absolute Gasteiger partial charge is 0.481 e. The van der Waals surface area contributed by atoms with Crippen LogP contribution in [-0.2, 0) is 27.3 Å². The van der Waals surface area contributed by atoms with Crippen molar-refractivity contribution in [3.63, 3.8) is 0 Å². The van der Waals surface area contributed by atoms with Crippen molar-refractivity contribution in [1.29, 1.82) is 0 Å². The maximum Gasteiger partial charge on any atom is 0.303 e. The van der Waals surface area contributed by atoms with Gasteiger partial charge in [-0.25, -0.2) is 0 Å². The Hall–Kier alpha value is -2.61. The highest BCUT2D eigenvalue weighted by molar-refractivity contribution is 6.30. The molecule has 0 bridgehead atoms. The number of carbonyl (C=O) groups is 3. The number of benzene rings is 2. The number of fused-ring (bicyclic) bond motifs is 1. The summed E-state index contributed by atoms with van der Waals surface area (Å²) in [5.41, 5.74) is 3.27. The standard InChI is InChI=1S/C24H28ClN3O4.ClH/c25-20-9-7-16(8-10-20)19(13-22(29)26-11-3-6-23(30)31)15-28-24(32)21-12-17-4-1-2-5-18(17)14-27-21;/h1-2,4-5,7-10,19,21,27H,3,6,11-15H2,(H,26,29)(H,28,32)(H,30,31);1H/t19-,21-;/m0./s1. The number of aliphatic carboxylic acids is 1. The maximum atomic E-state index is 12.8. The number of amides is 2. The lowest BCUT2D eigenvalue weighted by atomic mass is 9.93. The Morgan fingerprint density at radius 1 is 1.06 bits per heavy atom. The van der Waals surface area contributed by atoms with E-state index in [9.17, 15) is 14.4 Å². The Bertz CT molecular complexity index is 953. The van der Waals surface area contributed by atoms with Crippen molar-refractivity contribution in [1.82, 2.24) is 16.0 Å². The summed E-state index contributed by atoms with van der Waals surface area (Å²) in [6, 6.07) is 15.0. The van der Waals surface area contributed by atoms with E-state index in [1.807, 2.05) is 30.3 Å². The van der Waals surface area contributed by atoms with Crippen LogP contribution < -0.4 is 16.0 Å². The highest BCUT2D eigenvalue weighted by atomic mass is 35.5. The van der Waals surface area contributed by atoms with E-state index in [4.69, 9.17) is 16.7 Å². The molecule has 0 unspecified atom stereocenters. The van der Waals surface area contributed by atoms with Crippen molar-refractivity contribution in [2.75, 3.05) is 13.1 Å². The Balaban J connectivity index is 0.00000385. The molecule has 33 heavy (non-hydrogen) atoms. The molecule has 2 aromatic carbocycles. The number of carbonyl (C=O) groups excluding carboxylic acids is 2. The summed E-state index contributed by atoms with van der Waals surface area (Å²) in [6.07, 6.45) is 1.18. The first-order valence-electron chi connectivity index (χ1n) is 10.7. The van der Waals surface area contributed by atoms with Gasteiger partial charge >= 0.3 is 5.97 Å². The first kappa shape index (κ1) is 26.6. The van der Waals surface area contributed by atoms with Crippen LogP contribution in [0.15, 0.2) is 48.5 Å². The van der Waals surface area contributed by atoms with Crippen LogP contribution in [-0.4, -0.2) is 42.0 Å². The van der Waals surface area contributed by atoms with E-state index >= 15 is 0 Å². The number of rotatable bonds is 10. The van der Waals surface area contributed by atoms with Crippen LogP contribution in [0.4, 0.5) is 0 Å². The monoisotopic (exact) mass is 493 g/mol. The van der Waals surface area contributed by atoms with Gasteiger partial charge in [0.1, 0.15) is 0 Å². The lowest BCUT2D eigenvalue weighted by molar-refractivity contribution is -0.137. The Morgan fingerprint density at radius 2 is 1.76 bits per heavy atom. The van der Waals surface area contributed by atoms with Gasteiger partial charge in [-0.2, -0.15) is 0 Å². The first-order chi connectivity index (χ1) is 15.4. The van der Waals surface area contributed by atoms with Gasteiger partial charge in [0.25, 0.3) is 0 Å². The average Bonchev–Trinajstić information content (AvgIpc) is 2.79. The minimum Gasteiger partial charge on any atom is -0.481 e. The van der Waals surface area contributed by atoms with Crippen molar-refractivity contribution >= 4 is 41.8 Å². The smallest absolute Gasteiger partial charge is 0.303 e. The van der Waals surface area contributed by atoms with E-state index in [0.29, 0.717) is 37.5 Å². The fourth-order valence-electron chi connectivity index (χ4n) is 3.79. The molecular formula is C24H29Cl2N3O4. The molecule has 0 saturated heterocycles. The number of hydrogen-bond acceptors (Lipinski definition) is 4. The summed E-state index contributed by atoms with van der Waals surface area (Å²) in [4.78, 5) is 35.8. The molecule has 1 heterocycles. The third-order valence-electron chi connectivity index (χ3n) is 5.58. The summed E-state index contributed by atoms with van der Waals surface area (Å²) in [5.74, 6) is -1.40. The zero-order valence-electron chi connectivity index (χ0n) is 18.2. The summed E-state index contributed by atoms with van der Waals surface area (Å²) in [6.45, 7) is 1.26. The van der Waals surface area contributed by atoms with Gasteiger partial charge in [-0.1, -0.05) is 48.0 Å². The van der Waals surface area contributed by atoms with E-state index in [0.717, 1.165) is 5.56 Å². The Kier molecular flexibility index (Phi) is 10.6. The molecule has 3 rings (SSSR count). The van der Waals surface area contributed by atoms with Crippen LogP contribution in [0.3, 0.4) is 0 Å². The first-order valence-corrected chi connectivity index (χ1v) is 11.1. The Morgan fingerprint density at radius 3 is 2.45 bits per heavy atom. The third-order valence-corrected chi connectivity index (χ3v) is 5.84. The lowest BCUT2D eigenvalue weighted by Gasteiger charge is -2.26. The molecule has 178 valence electrons. The summed E-state index contributed by atoms with van der Waals surface area (Å²) in [5, 5.41) is 18.3. The minimum atomic E-state index is -0.889. The zero-order chi connectivity index (χ0) is 22.9. The topological polar surface area (TPSA) is 108 Å². The summed E-state index contributed by atoms with van der Waals surface area (Å²) in [7, 11) is 0. The molecule has 7 nitrogen and oxygen atoms in total. The van der Waals surface area contributed by atoms with Gasteiger partial charge in [0.2, 0.25) is 11.8 Å². The molecule has 2 aromatic rings. The van der Waals surface area contributed by atoms with Gasteiger partial charge in [-0.3, -0.25) is 14.4 Å². The van der Waals surface area contributed by atoms with E-state index in [2.05, 4.69) is 22.0 Å². The van der Waals surface area contributed by atoms with E-state index in [-0.39, 0.29) is 49.0 Å². The predicted octanol–water partition coefficient (Wildman–Crippen LogP) is 3.05. The quantitative estimate of drug-likeness (QED) is 0.380. The molecule has 0 fully saturated rings. The molecule has 1 aliphatic rings. The van der Waals surface area contributed by atoms with Gasteiger partial charge in [0, 0.05) is 43.4 Å². The second kappa shape index (κ2) is 13.2. The van der Waals surface area contributed by atoms with E-state index in [1.165, 1.54) is 11.1 Å². The molecule has 4 N–H and O–H groups in total. The lowest BCUT2D eigenvalue weighted by Crippen LogP contribution is -2.48. The maximum absolute atomic E-state index is 12.8. The molecule has 0 spiro atoms. The third kappa shape index (κ3) is 8.35. The summed E-state index contributed by atoms with van der Waals surface area (Å²) < 4.78 is 0. The van der Waals surface area contributed by atoms with E-state index < -0.39 is 5.97 Å². The van der Waals surface area contributed by atoms with Crippen LogP contribution in [0.5, 0.6) is 0 Å². The number of hydrogen-bond donors (Lipinski definition) is 4. The zero-order valence-corrected chi connectivity index (χ0v) is 19.8. The van der Waals surface area contributed by atoms with Crippen LogP contribution in [0, 0.1) is 0 Å². The highest BCUT2D eigenvalue weighted by Crippen LogP contribution is 2.22. The van der Waals surface area contributed by atoms with Crippen LogP contribution in [0.1, 0.15) is 41.9 Å². The second-order valence-electron chi connectivity index (χ2n) is 7.95. The highest BCUT2D eigenvalue weighted by Gasteiger charge is 2.25. The fourth-order valence-corrected chi connectivity index (χ4v) is 3.92. The average molecular weight is 494 g/mol.